The minimum atomic E-state index is -1.27. The van der Waals surface area contributed by atoms with Crippen LogP contribution in [0, 0.1) is 29.6 Å². The molecule has 4 unspecified atom stereocenters. The van der Waals surface area contributed by atoms with Gasteiger partial charge in [-0.15, -0.1) is 0 Å². The van der Waals surface area contributed by atoms with Gasteiger partial charge in [0, 0.05) is 12.8 Å². The van der Waals surface area contributed by atoms with Crippen LogP contribution in [0.1, 0.15) is 25.7 Å². The molecule has 4 aliphatic rings. The lowest BCUT2D eigenvalue weighted by molar-refractivity contribution is -0.139. The van der Waals surface area contributed by atoms with Crippen molar-refractivity contribution in [2.75, 3.05) is 0 Å². The van der Waals surface area contributed by atoms with Crippen molar-refractivity contribution < 1.29 is 38.2 Å². The van der Waals surface area contributed by atoms with Crippen molar-refractivity contribution in [1.82, 2.24) is 10.6 Å². The fourth-order valence-electron chi connectivity index (χ4n) is 5.30. The summed E-state index contributed by atoms with van der Waals surface area (Å²) in [6.45, 7) is 0. The zero-order chi connectivity index (χ0) is 22.6. The van der Waals surface area contributed by atoms with Crippen LogP contribution in [-0.2, 0) is 28.8 Å². The summed E-state index contributed by atoms with van der Waals surface area (Å²) >= 11 is 0. The number of ether oxygens (including phenoxy) is 2. The molecule has 10 nitrogen and oxygen atoms in total. The molecular formula is C22H20N2O8. The van der Waals surface area contributed by atoms with Crippen LogP contribution in [0.2, 0.25) is 0 Å². The van der Waals surface area contributed by atoms with Crippen molar-refractivity contribution >= 4 is 35.9 Å². The van der Waals surface area contributed by atoms with Crippen molar-refractivity contribution in [3.8, 4) is 11.5 Å². The average molecular weight is 440 g/mol. The fourth-order valence-corrected chi connectivity index (χ4v) is 5.30. The first-order chi connectivity index (χ1) is 15.3. The van der Waals surface area contributed by atoms with E-state index in [1.807, 2.05) is 0 Å². The molecule has 2 saturated carbocycles. The molecule has 32 heavy (non-hydrogen) atoms. The Kier molecular flexibility index (Phi) is 4.61. The van der Waals surface area contributed by atoms with E-state index in [4.69, 9.17) is 9.47 Å². The Hall–Kier alpha value is -3.56. The van der Waals surface area contributed by atoms with Crippen LogP contribution >= 0.6 is 0 Å². The number of carbonyl (C=O) groups excluding carboxylic acids is 6. The molecule has 10 heteroatoms. The molecule has 1 aromatic rings. The monoisotopic (exact) mass is 440 g/mol. The van der Waals surface area contributed by atoms with Gasteiger partial charge in [-0.3, -0.25) is 39.4 Å². The van der Waals surface area contributed by atoms with E-state index >= 15 is 0 Å². The van der Waals surface area contributed by atoms with Gasteiger partial charge in [-0.05, 0) is 37.1 Å². The van der Waals surface area contributed by atoms with Gasteiger partial charge in [-0.25, -0.2) is 0 Å². The summed E-state index contributed by atoms with van der Waals surface area (Å²) in [5.41, 5.74) is -1.27. The number of hydrogen-bond acceptors (Lipinski definition) is 8. The quantitative estimate of drug-likeness (QED) is 0.279. The third-order valence-corrected chi connectivity index (χ3v) is 6.93. The molecule has 4 fully saturated rings. The smallest absolute Gasteiger partial charge is 0.314 e. The molecule has 4 atom stereocenters. The predicted molar refractivity (Wildman–Crippen MR) is 104 cm³/mol. The maximum Gasteiger partial charge on any atom is 0.314 e. The SMILES string of the molecule is O=CC1(Oc2ccc(OC(=O)C3CC4C(=O)NC(=O)C4C3)cc2)CC2C(=O)NC(=O)C2C1. The summed E-state index contributed by atoms with van der Waals surface area (Å²) in [6.07, 6.45) is 1.42. The third-order valence-electron chi connectivity index (χ3n) is 6.93. The van der Waals surface area contributed by atoms with Gasteiger partial charge in [-0.2, -0.15) is 0 Å². The molecular weight excluding hydrogens is 420 g/mol. The second-order valence-electron chi connectivity index (χ2n) is 8.89. The Morgan fingerprint density at radius 3 is 1.78 bits per heavy atom. The molecule has 2 aliphatic heterocycles. The van der Waals surface area contributed by atoms with Gasteiger partial charge in [0.25, 0.3) is 0 Å². The van der Waals surface area contributed by atoms with E-state index in [2.05, 4.69) is 10.6 Å². The number of fused-ring (bicyclic) bond motifs is 2. The topological polar surface area (TPSA) is 145 Å². The fraction of sp³-hybridized carbons (Fsp3) is 0.455. The van der Waals surface area contributed by atoms with Crippen molar-refractivity contribution in [3.63, 3.8) is 0 Å². The van der Waals surface area contributed by atoms with Crippen LogP contribution < -0.4 is 20.1 Å². The number of amides is 4. The van der Waals surface area contributed by atoms with E-state index in [-0.39, 0.29) is 55.1 Å². The number of rotatable bonds is 5. The van der Waals surface area contributed by atoms with E-state index < -0.39 is 41.2 Å². The van der Waals surface area contributed by atoms with E-state index in [1.165, 1.54) is 24.3 Å². The predicted octanol–water partition coefficient (Wildman–Crippen LogP) is -0.110. The summed E-state index contributed by atoms with van der Waals surface area (Å²) in [6, 6.07) is 6.08. The standard InChI is InChI=1S/C22H20N2O8/c25-9-22(7-15-16(8-22)20(29)24-19(15)28)32-12-3-1-11(2-4-12)31-21(30)10-5-13-14(6-10)18(27)23-17(13)26/h1-4,9-10,13-16H,5-8H2,(H,23,26,27)(H,24,28,29). The second-order valence-corrected chi connectivity index (χ2v) is 8.89. The number of carbonyl (C=O) groups is 6. The highest BCUT2D eigenvalue weighted by Gasteiger charge is 2.56. The molecule has 2 saturated heterocycles. The van der Waals surface area contributed by atoms with Gasteiger partial charge in [0.2, 0.25) is 23.6 Å². The third kappa shape index (κ3) is 3.26. The average Bonchev–Trinajstić information content (AvgIpc) is 3.49. The number of nitrogens with one attached hydrogen (secondary N) is 2. The number of imide groups is 2. The Bertz CT molecular complexity index is 1000. The van der Waals surface area contributed by atoms with E-state index in [0.29, 0.717) is 12.0 Å². The summed E-state index contributed by atoms with van der Waals surface area (Å²) in [7, 11) is 0. The number of esters is 1. The molecule has 5 rings (SSSR count). The molecule has 0 spiro atoms. The highest BCUT2D eigenvalue weighted by atomic mass is 16.5. The molecule has 4 amide bonds. The Morgan fingerprint density at radius 1 is 0.812 bits per heavy atom. The van der Waals surface area contributed by atoms with Crippen LogP contribution in [0.15, 0.2) is 24.3 Å². The second kappa shape index (κ2) is 7.25. The molecule has 2 aliphatic carbocycles. The maximum absolute atomic E-state index is 12.5. The first-order valence-electron chi connectivity index (χ1n) is 10.4. The first-order valence-corrected chi connectivity index (χ1v) is 10.4. The number of benzene rings is 1. The molecule has 0 aromatic heterocycles. The molecule has 166 valence electrons. The van der Waals surface area contributed by atoms with Gasteiger partial charge >= 0.3 is 5.97 Å². The van der Waals surface area contributed by atoms with Crippen molar-refractivity contribution in [3.05, 3.63) is 24.3 Å². The minimum absolute atomic E-state index is 0.117. The first kappa shape index (κ1) is 20.3. The van der Waals surface area contributed by atoms with Gasteiger partial charge in [0.1, 0.15) is 11.5 Å². The van der Waals surface area contributed by atoms with Crippen LogP contribution in [-0.4, -0.2) is 41.5 Å². The molecule has 1 aromatic carbocycles. The summed E-state index contributed by atoms with van der Waals surface area (Å²) < 4.78 is 11.3. The van der Waals surface area contributed by atoms with Gasteiger partial charge in [-0.1, -0.05) is 0 Å². The molecule has 2 heterocycles. The van der Waals surface area contributed by atoms with Gasteiger partial charge in [0.15, 0.2) is 11.9 Å². The number of hydrogen-bond donors (Lipinski definition) is 2. The lowest BCUT2D eigenvalue weighted by atomic mass is 10.00. The van der Waals surface area contributed by atoms with Crippen LogP contribution in [0.25, 0.3) is 0 Å². The lowest BCUT2D eigenvalue weighted by Gasteiger charge is -2.25. The zero-order valence-electron chi connectivity index (χ0n) is 16.9. The Labute approximate surface area is 182 Å². The highest BCUT2D eigenvalue weighted by molar-refractivity contribution is 6.06. The highest BCUT2D eigenvalue weighted by Crippen LogP contribution is 2.44. The van der Waals surface area contributed by atoms with Crippen molar-refractivity contribution in [2.45, 2.75) is 31.3 Å². The molecule has 2 N–H and O–H groups in total. The van der Waals surface area contributed by atoms with Crippen LogP contribution in [0.4, 0.5) is 0 Å². The normalized spacial score (nSPS) is 35.2. The van der Waals surface area contributed by atoms with E-state index in [0.717, 1.165) is 0 Å². The van der Waals surface area contributed by atoms with E-state index in [1.54, 1.807) is 0 Å². The molecule has 0 bridgehead atoms. The summed E-state index contributed by atoms with van der Waals surface area (Å²) in [5, 5.41) is 4.55. The maximum atomic E-state index is 12.5. The number of aldehydes is 1. The minimum Gasteiger partial charge on any atom is -0.480 e. The van der Waals surface area contributed by atoms with E-state index in [9.17, 15) is 28.8 Å². The van der Waals surface area contributed by atoms with Crippen LogP contribution in [0.3, 0.4) is 0 Å². The lowest BCUT2D eigenvalue weighted by Crippen LogP contribution is -2.38. The largest absolute Gasteiger partial charge is 0.480 e. The Morgan fingerprint density at radius 2 is 1.28 bits per heavy atom. The van der Waals surface area contributed by atoms with Crippen LogP contribution in [0.5, 0.6) is 11.5 Å². The summed E-state index contributed by atoms with van der Waals surface area (Å²) in [4.78, 5) is 71.5. The van der Waals surface area contributed by atoms with Gasteiger partial charge in [0.05, 0.1) is 29.6 Å². The zero-order valence-corrected chi connectivity index (χ0v) is 16.9. The van der Waals surface area contributed by atoms with Crippen molar-refractivity contribution in [1.29, 1.82) is 0 Å². The Balaban J connectivity index is 1.21. The molecule has 0 radical (unpaired) electrons. The van der Waals surface area contributed by atoms with Crippen molar-refractivity contribution in [2.24, 2.45) is 29.6 Å². The van der Waals surface area contributed by atoms with Gasteiger partial charge < -0.3 is 9.47 Å². The summed E-state index contributed by atoms with van der Waals surface area (Å²) in [5.74, 6) is -3.99.